The van der Waals surface area contributed by atoms with Gasteiger partial charge in [-0.1, -0.05) is 11.6 Å². The van der Waals surface area contributed by atoms with Crippen molar-refractivity contribution in [1.29, 1.82) is 0 Å². The van der Waals surface area contributed by atoms with E-state index < -0.39 is 41.8 Å². The van der Waals surface area contributed by atoms with Gasteiger partial charge in [0, 0.05) is 11.1 Å². The minimum atomic E-state index is -4.41. The van der Waals surface area contributed by atoms with Crippen molar-refractivity contribution in [3.63, 3.8) is 0 Å². The summed E-state index contributed by atoms with van der Waals surface area (Å²) in [6.07, 6.45) is -3.42. The van der Waals surface area contributed by atoms with Gasteiger partial charge in [0.15, 0.2) is 0 Å². The molecule has 0 bridgehead atoms. The zero-order chi connectivity index (χ0) is 33.2. The number of halogens is 10. The Hall–Kier alpha value is -2.40. The first-order chi connectivity index (χ1) is 21.0. The zero-order valence-electron chi connectivity index (χ0n) is 24.0. The first-order valence-corrected chi connectivity index (χ1v) is 15.1. The van der Waals surface area contributed by atoms with Crippen LogP contribution in [0.5, 0.6) is 0 Å². The molecule has 0 aromatic carbocycles. The summed E-state index contributed by atoms with van der Waals surface area (Å²) >= 11 is 17.3. The predicted molar refractivity (Wildman–Crippen MR) is 160 cm³/mol. The lowest BCUT2D eigenvalue weighted by atomic mass is 10.2. The molecule has 4 aliphatic rings. The third-order valence-electron chi connectivity index (χ3n) is 7.71. The van der Waals surface area contributed by atoms with Crippen LogP contribution in [0, 0.1) is 0 Å². The molecule has 20 heteroatoms. The number of anilines is 1. The van der Waals surface area contributed by atoms with Crippen molar-refractivity contribution in [3.05, 3.63) is 38.2 Å². The molecule has 2 saturated carbocycles. The first kappa shape index (κ1) is 38.1. The number of nitrogens with two attached hydrogens (primary N) is 1. The monoisotopic (exact) mass is 740 g/mol. The summed E-state index contributed by atoms with van der Waals surface area (Å²) in [5.41, 5.74) is 4.67. The molecule has 2 fully saturated rings. The molecule has 46 heavy (non-hydrogen) atoms. The Morgan fingerprint density at radius 1 is 0.717 bits per heavy atom. The van der Waals surface area contributed by atoms with Crippen LogP contribution in [0.15, 0.2) is 0 Å². The van der Waals surface area contributed by atoms with Gasteiger partial charge in [-0.15, -0.1) is 12.4 Å². The van der Waals surface area contributed by atoms with E-state index in [1.807, 2.05) is 5.32 Å². The van der Waals surface area contributed by atoms with Gasteiger partial charge in [0.2, 0.25) is 22.4 Å². The van der Waals surface area contributed by atoms with Crippen LogP contribution >= 0.6 is 47.2 Å². The number of alkyl halides is 6. The molecule has 4 aliphatic carbocycles. The van der Waals surface area contributed by atoms with E-state index in [2.05, 4.69) is 30.6 Å². The fourth-order valence-electron chi connectivity index (χ4n) is 4.91. The number of amides is 2. The van der Waals surface area contributed by atoms with Gasteiger partial charge in [-0.2, -0.15) is 26.3 Å². The molecule has 0 spiro atoms. The average Bonchev–Trinajstić information content (AvgIpc) is 3.80. The fourth-order valence-corrected chi connectivity index (χ4v) is 5.61. The van der Waals surface area contributed by atoms with E-state index in [9.17, 15) is 35.9 Å². The Labute approximate surface area is 280 Å². The van der Waals surface area contributed by atoms with Gasteiger partial charge >= 0.3 is 12.4 Å². The van der Waals surface area contributed by atoms with E-state index in [0.717, 1.165) is 61.0 Å². The average molecular weight is 742 g/mol. The summed E-state index contributed by atoms with van der Waals surface area (Å²) in [6, 6.07) is 0. The number of nitrogens with zero attached hydrogens (tertiary/aromatic N) is 4. The molecule has 0 aliphatic heterocycles. The van der Waals surface area contributed by atoms with Crippen molar-refractivity contribution in [3.8, 4) is 0 Å². The van der Waals surface area contributed by atoms with Crippen LogP contribution in [-0.2, 0) is 35.3 Å². The van der Waals surface area contributed by atoms with Crippen molar-refractivity contribution < 1.29 is 35.9 Å². The van der Waals surface area contributed by atoms with Gasteiger partial charge in [-0.05, 0) is 87.4 Å². The van der Waals surface area contributed by atoms with Gasteiger partial charge in [0.1, 0.15) is 22.0 Å². The minimum Gasteiger partial charge on any atom is -0.361 e. The molecule has 10 nitrogen and oxygen atoms in total. The van der Waals surface area contributed by atoms with Crippen LogP contribution in [0.1, 0.15) is 61.0 Å². The molecule has 6 rings (SSSR count). The fraction of sp³-hybridized carbons (Fsp3) is 0.615. The lowest BCUT2D eigenvalue weighted by Crippen LogP contribution is -2.49. The van der Waals surface area contributed by atoms with Crippen molar-refractivity contribution >= 4 is 64.8 Å². The number of rotatable bonds is 6. The van der Waals surface area contributed by atoms with E-state index >= 15 is 0 Å². The Morgan fingerprint density at radius 2 is 1.17 bits per heavy atom. The number of hydrogen-bond donors (Lipinski definition) is 4. The lowest BCUT2D eigenvalue weighted by molar-refractivity contribution is -0.170. The Kier molecular flexibility index (Phi) is 12.2. The molecular weight excluding hydrogens is 712 g/mol. The van der Waals surface area contributed by atoms with Crippen LogP contribution in [0.25, 0.3) is 0 Å². The number of nitrogens with one attached hydrogen (secondary N) is 3. The standard InChI is InChI=1S/C13H14ClF3N4O.C7H6Cl2N2.C6H9F3N2O.ClH/c14-11-19-8-3-1-2-7(8)10(20-11)18-6-9(22)21-12(4-5-12)13(15,16)17;8-6-4-2-1-3-5(4)10-7(9)11-6;7-6(8,9)5(1-2-5)11-4(12)3-10;/h1-6H2,(H,21,22)(H,18,19,20);1-3H2;1-3,10H2,(H,11,12);1H. The van der Waals surface area contributed by atoms with Gasteiger partial charge in [-0.3, -0.25) is 9.59 Å². The summed E-state index contributed by atoms with van der Waals surface area (Å²) < 4.78 is 74.7. The maximum atomic E-state index is 12.8. The molecule has 2 aromatic heterocycles. The van der Waals surface area contributed by atoms with Crippen molar-refractivity contribution in [2.24, 2.45) is 5.73 Å². The maximum absolute atomic E-state index is 12.8. The topological polar surface area (TPSA) is 148 Å². The number of carbonyl (C=O) groups is 2. The second-order valence-electron chi connectivity index (χ2n) is 11.0. The number of fused-ring (bicyclic) bond motifs is 2. The van der Waals surface area contributed by atoms with Gasteiger partial charge in [0.25, 0.3) is 0 Å². The predicted octanol–water partition coefficient (Wildman–Crippen LogP) is 5.09. The van der Waals surface area contributed by atoms with Gasteiger partial charge in [0.05, 0.1) is 24.5 Å². The van der Waals surface area contributed by atoms with E-state index in [4.69, 9.17) is 40.5 Å². The second-order valence-corrected chi connectivity index (χ2v) is 12.0. The highest BCUT2D eigenvalue weighted by molar-refractivity contribution is 6.32. The third-order valence-corrected chi connectivity index (χ3v) is 8.36. The quantitative estimate of drug-likeness (QED) is 0.182. The highest BCUT2D eigenvalue weighted by Gasteiger charge is 2.65. The zero-order valence-corrected chi connectivity index (χ0v) is 27.1. The van der Waals surface area contributed by atoms with Crippen LogP contribution in [-0.4, -0.2) is 68.3 Å². The molecule has 2 heterocycles. The van der Waals surface area contributed by atoms with Crippen molar-refractivity contribution in [2.45, 2.75) is 87.6 Å². The summed E-state index contributed by atoms with van der Waals surface area (Å²) in [4.78, 5) is 38.4. The summed E-state index contributed by atoms with van der Waals surface area (Å²) in [7, 11) is 0. The molecule has 256 valence electrons. The molecule has 0 radical (unpaired) electrons. The molecule has 2 amide bonds. The van der Waals surface area contributed by atoms with Gasteiger partial charge in [-0.25, -0.2) is 19.9 Å². The third kappa shape index (κ3) is 9.14. The summed E-state index contributed by atoms with van der Waals surface area (Å²) in [5, 5.41) is 7.55. The molecule has 2 aromatic rings. The SMILES string of the molecule is Cl.Clc1nc(Cl)c2c(n1)CCC2.NCC(=O)NC1(C(F)(F)F)CC1.O=C(CNc1nc(Cl)nc2c1CCC2)NC1(C(F)(F)F)CC1. The number of hydrogen-bond acceptors (Lipinski definition) is 8. The lowest BCUT2D eigenvalue weighted by Gasteiger charge is -2.21. The number of aryl methyl sites for hydroxylation is 2. The maximum Gasteiger partial charge on any atom is 0.411 e. The van der Waals surface area contributed by atoms with Crippen molar-refractivity contribution in [2.75, 3.05) is 18.4 Å². The summed E-state index contributed by atoms with van der Waals surface area (Å²) in [5.74, 6) is -1.04. The first-order valence-electron chi connectivity index (χ1n) is 13.9. The Bertz CT molecular complexity index is 1440. The van der Waals surface area contributed by atoms with E-state index in [1.54, 1.807) is 0 Å². The van der Waals surface area contributed by atoms with Gasteiger partial charge < -0.3 is 21.7 Å². The van der Waals surface area contributed by atoms with Crippen molar-refractivity contribution in [1.82, 2.24) is 30.6 Å². The Morgan fingerprint density at radius 3 is 1.65 bits per heavy atom. The minimum absolute atomic E-state index is 0. The van der Waals surface area contributed by atoms with E-state index in [0.29, 0.717) is 11.0 Å². The number of aromatic nitrogens is 4. The van der Waals surface area contributed by atoms with Crippen LogP contribution in [0.4, 0.5) is 32.2 Å². The molecular formula is C26H30Cl4F6N8O2. The van der Waals surface area contributed by atoms with Crippen LogP contribution < -0.4 is 21.7 Å². The second kappa shape index (κ2) is 14.8. The van der Waals surface area contributed by atoms with E-state index in [1.165, 1.54) is 0 Å². The van der Waals surface area contributed by atoms with E-state index in [-0.39, 0.29) is 55.2 Å². The normalized spacial score (nSPS) is 17.9. The Balaban J connectivity index is 0.000000203. The molecule has 0 saturated heterocycles. The smallest absolute Gasteiger partial charge is 0.361 e. The molecule has 5 N–H and O–H groups in total. The molecule has 0 atom stereocenters. The van der Waals surface area contributed by atoms with Crippen LogP contribution in [0.3, 0.4) is 0 Å². The largest absolute Gasteiger partial charge is 0.411 e. The highest BCUT2D eigenvalue weighted by atomic mass is 35.5. The summed E-state index contributed by atoms with van der Waals surface area (Å²) in [6.45, 7) is -0.685. The molecule has 0 unspecified atom stereocenters. The number of carbonyl (C=O) groups excluding carboxylic acids is 2. The highest BCUT2D eigenvalue weighted by Crippen LogP contribution is 2.49. The van der Waals surface area contributed by atoms with Crippen LogP contribution in [0.2, 0.25) is 15.7 Å².